The summed E-state index contributed by atoms with van der Waals surface area (Å²) >= 11 is 6.21. The molecule has 2 N–H and O–H groups in total. The number of benzene rings is 3. The van der Waals surface area contributed by atoms with Crippen LogP contribution < -0.4 is 20.1 Å². The number of carbonyl (C=O) groups excluding carboxylic acids is 1. The molecule has 1 unspecified atom stereocenters. The smallest absolute Gasteiger partial charge is 0.255 e. The number of nitrogens with zero attached hydrogens (tertiary/aromatic N) is 3. The van der Waals surface area contributed by atoms with Gasteiger partial charge in [0.1, 0.15) is 17.5 Å². The Morgan fingerprint density at radius 3 is 2.61 bits per heavy atom. The van der Waals surface area contributed by atoms with Crippen LogP contribution in [-0.4, -0.2) is 34.9 Å². The molecule has 1 aromatic heterocycles. The van der Waals surface area contributed by atoms with E-state index in [4.69, 9.17) is 31.2 Å². The van der Waals surface area contributed by atoms with Crippen molar-refractivity contribution in [1.29, 1.82) is 0 Å². The van der Waals surface area contributed by atoms with Crippen molar-refractivity contribution in [3.8, 4) is 22.9 Å². The summed E-state index contributed by atoms with van der Waals surface area (Å²) in [5, 5.41) is 11.6. The Morgan fingerprint density at radius 1 is 1.03 bits per heavy atom. The van der Waals surface area contributed by atoms with E-state index in [9.17, 15) is 4.79 Å². The van der Waals surface area contributed by atoms with Crippen LogP contribution in [0.1, 0.15) is 18.5 Å². The summed E-state index contributed by atoms with van der Waals surface area (Å²) < 4.78 is 12.6. The number of rotatable bonds is 6. The van der Waals surface area contributed by atoms with Gasteiger partial charge < -0.3 is 20.1 Å². The highest BCUT2D eigenvalue weighted by Gasteiger charge is 2.35. The minimum Gasteiger partial charge on any atom is -0.497 e. The highest BCUT2D eigenvalue weighted by atomic mass is 35.5. The van der Waals surface area contributed by atoms with Crippen LogP contribution in [0.2, 0.25) is 5.02 Å². The number of methoxy groups -OCH3 is 2. The van der Waals surface area contributed by atoms with Crippen LogP contribution in [0.3, 0.4) is 0 Å². The van der Waals surface area contributed by atoms with Gasteiger partial charge in [0, 0.05) is 16.3 Å². The molecule has 9 heteroatoms. The maximum absolute atomic E-state index is 13.7. The Balaban J connectivity index is 1.62. The molecule has 8 nitrogen and oxygen atoms in total. The molecule has 3 aromatic carbocycles. The second-order valence-corrected chi connectivity index (χ2v) is 8.65. The number of aromatic nitrogens is 3. The van der Waals surface area contributed by atoms with Gasteiger partial charge in [-0.1, -0.05) is 48.0 Å². The monoisotopic (exact) mass is 501 g/mol. The van der Waals surface area contributed by atoms with E-state index in [0.717, 1.165) is 11.1 Å². The molecule has 0 aliphatic carbocycles. The van der Waals surface area contributed by atoms with E-state index < -0.39 is 6.04 Å². The van der Waals surface area contributed by atoms with E-state index in [1.807, 2.05) is 55.5 Å². The quantitative estimate of drug-likeness (QED) is 0.360. The molecule has 1 aliphatic rings. The number of fused-ring (bicyclic) bond motifs is 1. The molecule has 182 valence electrons. The molecular formula is C27H24ClN5O3. The number of nitrogens with one attached hydrogen (secondary N) is 2. The summed E-state index contributed by atoms with van der Waals surface area (Å²) in [4.78, 5) is 18.4. The normalized spacial score (nSPS) is 14.6. The molecule has 4 aromatic rings. The molecule has 2 heterocycles. The number of anilines is 2. The van der Waals surface area contributed by atoms with E-state index >= 15 is 0 Å². The van der Waals surface area contributed by atoms with Crippen molar-refractivity contribution >= 4 is 29.1 Å². The van der Waals surface area contributed by atoms with Gasteiger partial charge >= 0.3 is 0 Å². The lowest BCUT2D eigenvalue weighted by molar-refractivity contribution is -0.113. The topological polar surface area (TPSA) is 90.3 Å². The predicted octanol–water partition coefficient (Wildman–Crippen LogP) is 5.54. The maximum atomic E-state index is 13.7. The Bertz CT molecular complexity index is 1480. The molecule has 0 saturated heterocycles. The highest BCUT2D eigenvalue weighted by molar-refractivity contribution is 6.30. The Labute approximate surface area is 213 Å². The van der Waals surface area contributed by atoms with E-state index in [1.54, 1.807) is 43.2 Å². The van der Waals surface area contributed by atoms with Crippen molar-refractivity contribution in [2.75, 3.05) is 24.9 Å². The summed E-state index contributed by atoms with van der Waals surface area (Å²) in [5.41, 5.74) is 3.31. The summed E-state index contributed by atoms with van der Waals surface area (Å²) in [5.74, 6) is 1.96. The fourth-order valence-electron chi connectivity index (χ4n) is 4.25. The molecule has 0 radical (unpaired) electrons. The molecule has 1 amide bonds. The third-order valence-corrected chi connectivity index (χ3v) is 6.18. The highest BCUT2D eigenvalue weighted by Crippen LogP contribution is 2.38. The van der Waals surface area contributed by atoms with Crippen molar-refractivity contribution in [3.05, 3.63) is 94.7 Å². The zero-order valence-electron chi connectivity index (χ0n) is 19.9. The first kappa shape index (κ1) is 23.4. The van der Waals surface area contributed by atoms with E-state index in [-0.39, 0.29) is 5.91 Å². The van der Waals surface area contributed by atoms with E-state index in [2.05, 4.69) is 10.6 Å². The first-order chi connectivity index (χ1) is 17.5. The lowest BCUT2D eigenvalue weighted by Gasteiger charge is -2.29. The van der Waals surface area contributed by atoms with Crippen molar-refractivity contribution in [1.82, 2.24) is 14.8 Å². The van der Waals surface area contributed by atoms with Crippen molar-refractivity contribution in [2.24, 2.45) is 0 Å². The predicted molar refractivity (Wildman–Crippen MR) is 140 cm³/mol. The molecule has 0 fully saturated rings. The third kappa shape index (κ3) is 4.38. The summed E-state index contributed by atoms with van der Waals surface area (Å²) in [7, 11) is 3.17. The number of halogens is 1. The first-order valence-corrected chi connectivity index (χ1v) is 11.6. The summed E-state index contributed by atoms with van der Waals surface area (Å²) in [6.07, 6.45) is 0. The standard InChI is InChI=1S/C27H24ClN5O3/c1-16-23(26(34)30-21-12-4-5-13-22(21)36-3)24(17-8-7-11-20(15-17)35-2)33-27(29-16)31-25(32-33)18-9-6-10-19(28)14-18/h4-15,24H,1-3H3,(H,30,34)(H,29,31,32). The Morgan fingerprint density at radius 2 is 1.83 bits per heavy atom. The fraction of sp³-hybridized carbons (Fsp3) is 0.148. The van der Waals surface area contributed by atoms with E-state index in [1.165, 1.54) is 0 Å². The van der Waals surface area contributed by atoms with Crippen LogP contribution in [0.25, 0.3) is 11.4 Å². The number of amides is 1. The number of hydrogen-bond acceptors (Lipinski definition) is 6. The van der Waals surface area contributed by atoms with Crippen LogP contribution in [0.5, 0.6) is 11.5 Å². The van der Waals surface area contributed by atoms with Gasteiger partial charge in [0.05, 0.1) is 25.5 Å². The van der Waals surface area contributed by atoms with Crippen LogP contribution >= 0.6 is 11.6 Å². The summed E-state index contributed by atoms with van der Waals surface area (Å²) in [6, 6.07) is 21.6. The number of ether oxygens (including phenoxy) is 2. The molecule has 1 atom stereocenters. The molecular weight excluding hydrogens is 478 g/mol. The first-order valence-electron chi connectivity index (χ1n) is 11.3. The molecule has 5 rings (SSSR count). The molecule has 0 bridgehead atoms. The fourth-order valence-corrected chi connectivity index (χ4v) is 4.44. The average Bonchev–Trinajstić information content (AvgIpc) is 3.31. The number of hydrogen-bond donors (Lipinski definition) is 2. The largest absolute Gasteiger partial charge is 0.497 e. The van der Waals surface area contributed by atoms with Crippen LogP contribution in [0.15, 0.2) is 84.1 Å². The number of allylic oxidation sites excluding steroid dienone is 1. The van der Waals surface area contributed by atoms with Crippen molar-refractivity contribution in [2.45, 2.75) is 13.0 Å². The Kier molecular flexibility index (Phi) is 6.35. The van der Waals surface area contributed by atoms with Crippen LogP contribution in [0.4, 0.5) is 11.6 Å². The number of carbonyl (C=O) groups is 1. The van der Waals surface area contributed by atoms with E-state index in [0.29, 0.717) is 45.3 Å². The minimum atomic E-state index is -0.563. The minimum absolute atomic E-state index is 0.289. The van der Waals surface area contributed by atoms with Crippen LogP contribution in [-0.2, 0) is 4.79 Å². The molecule has 36 heavy (non-hydrogen) atoms. The lowest BCUT2D eigenvalue weighted by Crippen LogP contribution is -2.31. The maximum Gasteiger partial charge on any atom is 0.255 e. The van der Waals surface area contributed by atoms with Gasteiger partial charge in [0.2, 0.25) is 5.95 Å². The second-order valence-electron chi connectivity index (χ2n) is 8.21. The third-order valence-electron chi connectivity index (χ3n) is 5.94. The van der Waals surface area contributed by atoms with Crippen molar-refractivity contribution < 1.29 is 14.3 Å². The van der Waals surface area contributed by atoms with Gasteiger partial charge in [-0.15, -0.1) is 5.10 Å². The molecule has 0 saturated carbocycles. The van der Waals surface area contributed by atoms with Gasteiger partial charge in [-0.3, -0.25) is 4.79 Å². The van der Waals surface area contributed by atoms with Crippen LogP contribution in [0, 0.1) is 0 Å². The zero-order valence-corrected chi connectivity index (χ0v) is 20.7. The van der Waals surface area contributed by atoms with Crippen molar-refractivity contribution in [3.63, 3.8) is 0 Å². The number of para-hydroxylation sites is 2. The van der Waals surface area contributed by atoms with Gasteiger partial charge in [0.15, 0.2) is 5.82 Å². The molecule has 1 aliphatic heterocycles. The zero-order chi connectivity index (χ0) is 25.2. The second kappa shape index (κ2) is 9.75. The van der Waals surface area contributed by atoms with Gasteiger partial charge in [-0.25, -0.2) is 4.68 Å². The SMILES string of the molecule is COc1cccc(C2C(C(=O)Nc3ccccc3OC)=C(C)Nc3nc(-c4cccc(Cl)c4)nn32)c1. The van der Waals surface area contributed by atoms with Gasteiger partial charge in [-0.05, 0) is 48.9 Å². The van der Waals surface area contributed by atoms with Gasteiger partial charge in [0.25, 0.3) is 5.91 Å². The lowest BCUT2D eigenvalue weighted by atomic mass is 9.95. The molecule has 0 spiro atoms. The average molecular weight is 502 g/mol. The summed E-state index contributed by atoms with van der Waals surface area (Å²) in [6.45, 7) is 1.85. The Hall–Kier alpha value is -4.30. The van der Waals surface area contributed by atoms with Gasteiger partial charge in [-0.2, -0.15) is 4.98 Å².